The predicted octanol–water partition coefficient (Wildman–Crippen LogP) is 11.4. The van der Waals surface area contributed by atoms with Gasteiger partial charge in [0.15, 0.2) is 5.58 Å². The predicted molar refractivity (Wildman–Crippen MR) is 186 cm³/mol. The first-order chi connectivity index (χ1) is 22.3. The SMILES string of the molecule is c1ccc(-c2nc3c(-c4ccc(-c5cccnc5)cc4)cc(-c4ccc5c6ccccc6c6ccccc6c5c4)cc3o2)cc1. The fourth-order valence-electron chi connectivity index (χ4n) is 6.58. The molecule has 0 fully saturated rings. The summed E-state index contributed by atoms with van der Waals surface area (Å²) in [5.74, 6) is 0.618. The normalized spacial score (nSPS) is 11.6. The zero-order valence-electron chi connectivity index (χ0n) is 24.3. The van der Waals surface area contributed by atoms with Crippen molar-refractivity contribution in [3.8, 4) is 44.8 Å². The van der Waals surface area contributed by atoms with Crippen LogP contribution < -0.4 is 0 Å². The molecule has 210 valence electrons. The molecule has 0 saturated heterocycles. The Morgan fingerprint density at radius 2 is 1.00 bits per heavy atom. The zero-order valence-corrected chi connectivity index (χ0v) is 24.3. The van der Waals surface area contributed by atoms with Gasteiger partial charge in [-0.3, -0.25) is 4.98 Å². The van der Waals surface area contributed by atoms with Crippen molar-refractivity contribution in [1.29, 1.82) is 0 Å². The average Bonchev–Trinajstić information content (AvgIpc) is 3.57. The molecule has 7 aromatic carbocycles. The number of benzene rings is 7. The van der Waals surface area contributed by atoms with Crippen molar-refractivity contribution < 1.29 is 4.42 Å². The van der Waals surface area contributed by atoms with E-state index >= 15 is 0 Å². The van der Waals surface area contributed by atoms with Crippen LogP contribution in [0.4, 0.5) is 0 Å². The Morgan fingerprint density at radius 1 is 0.400 bits per heavy atom. The van der Waals surface area contributed by atoms with Crippen LogP contribution in [0.2, 0.25) is 0 Å². The highest BCUT2D eigenvalue weighted by Crippen LogP contribution is 2.40. The highest BCUT2D eigenvalue weighted by atomic mass is 16.3. The van der Waals surface area contributed by atoms with Crippen LogP contribution in [0.25, 0.3) is 88.3 Å². The molecule has 0 aliphatic carbocycles. The maximum Gasteiger partial charge on any atom is 0.227 e. The van der Waals surface area contributed by atoms with E-state index < -0.39 is 0 Å². The molecule has 2 heterocycles. The second-order valence-electron chi connectivity index (χ2n) is 11.4. The lowest BCUT2D eigenvalue weighted by Crippen LogP contribution is -1.87. The minimum absolute atomic E-state index is 0.618. The van der Waals surface area contributed by atoms with Gasteiger partial charge in [-0.15, -0.1) is 0 Å². The summed E-state index contributed by atoms with van der Waals surface area (Å²) in [5.41, 5.74) is 9.13. The smallest absolute Gasteiger partial charge is 0.227 e. The second-order valence-corrected chi connectivity index (χ2v) is 11.4. The van der Waals surface area contributed by atoms with Crippen LogP contribution >= 0.6 is 0 Å². The van der Waals surface area contributed by atoms with Crippen molar-refractivity contribution in [3.05, 3.63) is 158 Å². The van der Waals surface area contributed by atoms with Crippen molar-refractivity contribution in [1.82, 2.24) is 9.97 Å². The molecule has 9 aromatic rings. The number of fused-ring (bicyclic) bond motifs is 7. The van der Waals surface area contributed by atoms with Crippen molar-refractivity contribution in [2.24, 2.45) is 0 Å². The van der Waals surface area contributed by atoms with E-state index in [9.17, 15) is 0 Å². The van der Waals surface area contributed by atoms with Crippen molar-refractivity contribution in [2.45, 2.75) is 0 Å². The number of pyridine rings is 1. The monoisotopic (exact) mass is 574 g/mol. The van der Waals surface area contributed by atoms with Gasteiger partial charge in [0.2, 0.25) is 5.89 Å². The standard InChI is InChI=1S/C42H26N2O/c1-2-9-29(10-3-1)42-44-41-38(28-18-16-27(17-19-28)31-11-8-22-43-26-31)24-32(25-40(41)45-42)30-20-21-37-35-14-5-4-12-33(35)34-13-6-7-15-36(34)39(37)23-30/h1-26H. The molecule has 45 heavy (non-hydrogen) atoms. The van der Waals surface area contributed by atoms with Gasteiger partial charge in [0.05, 0.1) is 0 Å². The maximum atomic E-state index is 6.47. The number of hydrogen-bond acceptors (Lipinski definition) is 3. The molecule has 0 amide bonds. The van der Waals surface area contributed by atoms with E-state index in [1.54, 1.807) is 6.20 Å². The van der Waals surface area contributed by atoms with Gasteiger partial charge in [-0.05, 0) is 96.5 Å². The van der Waals surface area contributed by atoms with E-state index in [1.807, 2.05) is 42.6 Å². The molecule has 0 atom stereocenters. The van der Waals surface area contributed by atoms with Crippen LogP contribution in [0.1, 0.15) is 0 Å². The van der Waals surface area contributed by atoms with E-state index in [2.05, 4.69) is 114 Å². The Bertz CT molecular complexity index is 2480. The molecule has 2 aromatic heterocycles. The fraction of sp³-hybridized carbons (Fsp3) is 0. The number of rotatable bonds is 4. The summed E-state index contributed by atoms with van der Waals surface area (Å²) < 4.78 is 6.47. The van der Waals surface area contributed by atoms with Crippen LogP contribution in [0.5, 0.6) is 0 Å². The topological polar surface area (TPSA) is 38.9 Å². The Kier molecular flexibility index (Phi) is 5.82. The number of oxazole rings is 1. The summed E-state index contributed by atoms with van der Waals surface area (Å²) in [4.78, 5) is 9.32. The quantitative estimate of drug-likeness (QED) is 0.196. The summed E-state index contributed by atoms with van der Waals surface area (Å²) in [6.45, 7) is 0. The Labute approximate surface area is 260 Å². The first-order valence-electron chi connectivity index (χ1n) is 15.1. The lowest BCUT2D eigenvalue weighted by atomic mass is 9.91. The Balaban J connectivity index is 1.26. The van der Waals surface area contributed by atoms with E-state index in [1.165, 1.54) is 32.3 Å². The first kappa shape index (κ1) is 25.4. The number of hydrogen-bond donors (Lipinski definition) is 0. The van der Waals surface area contributed by atoms with Gasteiger partial charge in [0, 0.05) is 23.5 Å². The molecule has 0 aliphatic rings. The lowest BCUT2D eigenvalue weighted by Gasteiger charge is -2.13. The highest BCUT2D eigenvalue weighted by molar-refractivity contribution is 6.25. The molecule has 3 heteroatoms. The van der Waals surface area contributed by atoms with Gasteiger partial charge < -0.3 is 4.42 Å². The van der Waals surface area contributed by atoms with E-state index in [4.69, 9.17) is 9.40 Å². The molecule has 0 saturated carbocycles. The minimum Gasteiger partial charge on any atom is -0.436 e. The summed E-state index contributed by atoms with van der Waals surface area (Å²) in [6, 6.07) is 51.4. The Morgan fingerprint density at radius 3 is 1.69 bits per heavy atom. The van der Waals surface area contributed by atoms with Crippen LogP contribution in [-0.2, 0) is 0 Å². The molecule has 3 nitrogen and oxygen atoms in total. The summed E-state index contributed by atoms with van der Waals surface area (Å²) in [5, 5.41) is 7.57. The summed E-state index contributed by atoms with van der Waals surface area (Å²) in [7, 11) is 0. The van der Waals surface area contributed by atoms with Gasteiger partial charge >= 0.3 is 0 Å². The third-order valence-electron chi connectivity index (χ3n) is 8.78. The van der Waals surface area contributed by atoms with Gasteiger partial charge in [-0.2, -0.15) is 0 Å². The number of nitrogens with zero attached hydrogens (tertiary/aromatic N) is 2. The van der Waals surface area contributed by atoms with Crippen LogP contribution in [-0.4, -0.2) is 9.97 Å². The van der Waals surface area contributed by atoms with E-state index in [-0.39, 0.29) is 0 Å². The fourth-order valence-corrected chi connectivity index (χ4v) is 6.58. The largest absolute Gasteiger partial charge is 0.436 e. The highest BCUT2D eigenvalue weighted by Gasteiger charge is 2.17. The first-order valence-corrected chi connectivity index (χ1v) is 15.1. The van der Waals surface area contributed by atoms with Gasteiger partial charge in [-0.25, -0.2) is 4.98 Å². The van der Waals surface area contributed by atoms with Crippen LogP contribution in [0.15, 0.2) is 162 Å². The molecule has 0 bridgehead atoms. The molecule has 0 spiro atoms. The maximum absolute atomic E-state index is 6.47. The molecule has 0 unspecified atom stereocenters. The van der Waals surface area contributed by atoms with E-state index in [0.717, 1.165) is 50.0 Å². The molecular weight excluding hydrogens is 548 g/mol. The van der Waals surface area contributed by atoms with Crippen molar-refractivity contribution in [2.75, 3.05) is 0 Å². The van der Waals surface area contributed by atoms with Gasteiger partial charge in [0.25, 0.3) is 0 Å². The lowest BCUT2D eigenvalue weighted by molar-refractivity contribution is 0.620. The van der Waals surface area contributed by atoms with Crippen LogP contribution in [0.3, 0.4) is 0 Å². The Hall–Kier alpha value is -6.06. The third-order valence-corrected chi connectivity index (χ3v) is 8.78. The van der Waals surface area contributed by atoms with Gasteiger partial charge in [-0.1, -0.05) is 109 Å². The molecule has 0 aliphatic heterocycles. The average molecular weight is 575 g/mol. The molecule has 0 radical (unpaired) electrons. The molecule has 9 rings (SSSR count). The molecule has 0 N–H and O–H groups in total. The third kappa shape index (κ3) is 4.29. The van der Waals surface area contributed by atoms with Crippen LogP contribution in [0, 0.1) is 0 Å². The summed E-state index contributed by atoms with van der Waals surface area (Å²) >= 11 is 0. The zero-order chi connectivity index (χ0) is 29.7. The van der Waals surface area contributed by atoms with Crippen molar-refractivity contribution in [3.63, 3.8) is 0 Å². The molecular formula is C42H26N2O. The van der Waals surface area contributed by atoms with E-state index in [0.29, 0.717) is 5.89 Å². The number of aromatic nitrogens is 2. The van der Waals surface area contributed by atoms with Gasteiger partial charge in [0.1, 0.15) is 5.52 Å². The second kappa shape index (κ2) is 10.3. The van der Waals surface area contributed by atoms with Crippen molar-refractivity contribution >= 4 is 43.4 Å². The summed E-state index contributed by atoms with van der Waals surface area (Å²) in [6.07, 6.45) is 3.69. The minimum atomic E-state index is 0.618.